The molecule has 0 aliphatic heterocycles. The Morgan fingerprint density at radius 3 is 2.00 bits per heavy atom. The number of carbonyl (C=O) groups excluding carboxylic acids is 3. The molecule has 6 heteroatoms. The Kier molecular flexibility index (Phi) is 3.67. The van der Waals surface area contributed by atoms with Gasteiger partial charge in [-0.1, -0.05) is 36.4 Å². The number of allylic oxidation sites excluding steroid dienone is 2. The Bertz CT molecular complexity index is 890. The molecule has 0 bridgehead atoms. The second-order valence-electron chi connectivity index (χ2n) is 5.20. The van der Waals surface area contributed by atoms with Gasteiger partial charge in [-0.25, -0.2) is 0 Å². The molecule has 0 unspecified atom stereocenters. The van der Waals surface area contributed by atoms with Gasteiger partial charge < -0.3 is 0 Å². The van der Waals surface area contributed by atoms with Crippen LogP contribution < -0.4 is 0 Å². The van der Waals surface area contributed by atoms with Crippen LogP contribution >= 0.6 is 0 Å². The highest BCUT2D eigenvalue weighted by Gasteiger charge is 2.32. The van der Waals surface area contributed by atoms with Crippen molar-refractivity contribution < 1.29 is 27.6 Å². The quantitative estimate of drug-likeness (QED) is 0.620. The minimum atomic E-state index is -4.52. The summed E-state index contributed by atoms with van der Waals surface area (Å²) in [5.41, 5.74) is -1.02. The summed E-state index contributed by atoms with van der Waals surface area (Å²) in [7, 11) is 0. The van der Waals surface area contributed by atoms with Crippen molar-refractivity contribution in [1.82, 2.24) is 0 Å². The molecule has 0 atom stereocenters. The van der Waals surface area contributed by atoms with Gasteiger partial charge in [-0.3, -0.25) is 14.4 Å². The Morgan fingerprint density at radius 2 is 1.42 bits per heavy atom. The highest BCUT2D eigenvalue weighted by molar-refractivity contribution is 6.37. The minimum Gasteiger partial charge on any atom is -0.289 e. The molecule has 3 nitrogen and oxygen atoms in total. The van der Waals surface area contributed by atoms with Gasteiger partial charge in [-0.05, 0) is 12.1 Å². The second kappa shape index (κ2) is 5.56. The van der Waals surface area contributed by atoms with E-state index in [0.29, 0.717) is 0 Å². The average Bonchev–Trinajstić information content (AvgIpc) is 2.57. The van der Waals surface area contributed by atoms with Crippen LogP contribution in [-0.4, -0.2) is 17.3 Å². The van der Waals surface area contributed by atoms with Gasteiger partial charge in [-0.15, -0.1) is 0 Å². The summed E-state index contributed by atoms with van der Waals surface area (Å²) in [4.78, 5) is 36.8. The molecule has 0 spiro atoms. The molecule has 2 aromatic rings. The van der Waals surface area contributed by atoms with Crippen LogP contribution in [-0.2, 0) is 6.18 Å². The Balaban J connectivity index is 1.97. The number of rotatable bonds is 2. The standard InChI is InChI=1S/C18H9F3O3/c19-18(20,21)11-7-5-10(6-8-11)16(23)14-9-15(22)12-3-1-2-4-13(12)17(14)24/h1-9H. The van der Waals surface area contributed by atoms with Gasteiger partial charge in [-0.2, -0.15) is 13.2 Å². The summed E-state index contributed by atoms with van der Waals surface area (Å²) >= 11 is 0. The van der Waals surface area contributed by atoms with E-state index in [0.717, 1.165) is 30.3 Å². The third kappa shape index (κ3) is 2.67. The minimum absolute atomic E-state index is 0.0882. The van der Waals surface area contributed by atoms with Crippen LogP contribution in [0.2, 0.25) is 0 Å². The molecule has 1 aliphatic carbocycles. The summed E-state index contributed by atoms with van der Waals surface area (Å²) in [6, 6.07) is 9.58. The van der Waals surface area contributed by atoms with E-state index in [9.17, 15) is 27.6 Å². The molecule has 1 aliphatic rings. The van der Waals surface area contributed by atoms with Crippen molar-refractivity contribution in [2.24, 2.45) is 0 Å². The van der Waals surface area contributed by atoms with E-state index in [4.69, 9.17) is 0 Å². The second-order valence-corrected chi connectivity index (χ2v) is 5.20. The zero-order valence-corrected chi connectivity index (χ0v) is 12.1. The Morgan fingerprint density at radius 1 is 0.833 bits per heavy atom. The van der Waals surface area contributed by atoms with Gasteiger partial charge >= 0.3 is 6.18 Å². The molecular formula is C18H9F3O3. The number of halogens is 3. The molecule has 0 aromatic heterocycles. The third-order valence-corrected chi connectivity index (χ3v) is 3.68. The number of hydrogen-bond acceptors (Lipinski definition) is 3. The lowest BCUT2D eigenvalue weighted by Crippen LogP contribution is -2.22. The fraction of sp³-hybridized carbons (Fsp3) is 0.0556. The van der Waals surface area contributed by atoms with E-state index in [1.54, 1.807) is 12.1 Å². The first-order chi connectivity index (χ1) is 11.3. The SMILES string of the molecule is O=C(C1=CC(=O)c2ccccc2C1=O)c1ccc(C(F)(F)F)cc1. The van der Waals surface area contributed by atoms with Crippen LogP contribution in [0.15, 0.2) is 60.2 Å². The Labute approximate surface area is 134 Å². The van der Waals surface area contributed by atoms with E-state index in [1.165, 1.54) is 12.1 Å². The number of benzene rings is 2. The lowest BCUT2D eigenvalue weighted by atomic mass is 9.86. The number of Topliss-reactive ketones (excluding diaryl/α,β-unsaturated/α-hetero) is 2. The predicted octanol–water partition coefficient (Wildman–Crippen LogP) is 3.89. The molecule has 0 saturated heterocycles. The van der Waals surface area contributed by atoms with Crippen molar-refractivity contribution in [3.63, 3.8) is 0 Å². The topological polar surface area (TPSA) is 51.2 Å². The van der Waals surface area contributed by atoms with Crippen molar-refractivity contribution in [2.75, 3.05) is 0 Å². The molecule has 0 radical (unpaired) electrons. The smallest absolute Gasteiger partial charge is 0.289 e. The maximum absolute atomic E-state index is 12.6. The third-order valence-electron chi connectivity index (χ3n) is 3.68. The van der Waals surface area contributed by atoms with E-state index >= 15 is 0 Å². The maximum Gasteiger partial charge on any atom is 0.416 e. The van der Waals surface area contributed by atoms with Gasteiger partial charge in [0.05, 0.1) is 11.1 Å². The van der Waals surface area contributed by atoms with Crippen LogP contribution in [0.5, 0.6) is 0 Å². The van der Waals surface area contributed by atoms with Gasteiger partial charge in [0.15, 0.2) is 17.3 Å². The summed E-state index contributed by atoms with van der Waals surface area (Å²) in [6.07, 6.45) is -3.58. The zero-order chi connectivity index (χ0) is 17.5. The molecule has 120 valence electrons. The maximum atomic E-state index is 12.6. The first-order valence-corrected chi connectivity index (χ1v) is 6.91. The molecule has 2 aromatic carbocycles. The van der Waals surface area contributed by atoms with Gasteiger partial charge in [0, 0.05) is 22.8 Å². The summed E-state index contributed by atoms with van der Waals surface area (Å²) in [5.74, 6) is -1.88. The number of alkyl halides is 3. The van der Waals surface area contributed by atoms with Crippen LogP contribution in [0.25, 0.3) is 0 Å². The fourth-order valence-electron chi connectivity index (χ4n) is 2.45. The van der Waals surface area contributed by atoms with Gasteiger partial charge in [0.25, 0.3) is 0 Å². The highest BCUT2D eigenvalue weighted by Crippen LogP contribution is 2.30. The molecule has 0 saturated carbocycles. The van der Waals surface area contributed by atoms with E-state index < -0.39 is 29.1 Å². The lowest BCUT2D eigenvalue weighted by Gasteiger charge is -2.14. The van der Waals surface area contributed by atoms with Crippen LogP contribution in [0.3, 0.4) is 0 Å². The first-order valence-electron chi connectivity index (χ1n) is 6.91. The Hall–Kier alpha value is -3.02. The molecule has 0 fully saturated rings. The molecule has 3 rings (SSSR count). The van der Waals surface area contributed by atoms with Crippen LogP contribution in [0.1, 0.15) is 36.6 Å². The normalized spacial score (nSPS) is 14.2. The monoisotopic (exact) mass is 330 g/mol. The number of ketones is 3. The molecule has 0 N–H and O–H groups in total. The number of fused-ring (bicyclic) bond motifs is 1. The number of hydrogen-bond donors (Lipinski definition) is 0. The highest BCUT2D eigenvalue weighted by atomic mass is 19.4. The van der Waals surface area contributed by atoms with Gasteiger partial charge in [0.2, 0.25) is 0 Å². The van der Waals surface area contributed by atoms with Gasteiger partial charge in [0.1, 0.15) is 0 Å². The van der Waals surface area contributed by atoms with Crippen molar-refractivity contribution in [2.45, 2.75) is 6.18 Å². The average molecular weight is 330 g/mol. The van der Waals surface area contributed by atoms with Crippen LogP contribution in [0.4, 0.5) is 13.2 Å². The van der Waals surface area contributed by atoms with Crippen molar-refractivity contribution in [3.8, 4) is 0 Å². The van der Waals surface area contributed by atoms with E-state index in [1.807, 2.05) is 0 Å². The molecule has 0 amide bonds. The predicted molar refractivity (Wildman–Crippen MR) is 79.0 cm³/mol. The summed E-state index contributed by atoms with van der Waals surface area (Å²) < 4.78 is 37.7. The number of carbonyl (C=O) groups is 3. The van der Waals surface area contributed by atoms with Crippen molar-refractivity contribution in [3.05, 3.63) is 82.4 Å². The zero-order valence-electron chi connectivity index (χ0n) is 12.1. The van der Waals surface area contributed by atoms with Crippen molar-refractivity contribution >= 4 is 17.3 Å². The molecule has 0 heterocycles. The lowest BCUT2D eigenvalue weighted by molar-refractivity contribution is -0.137. The summed E-state index contributed by atoms with van der Waals surface area (Å²) in [5, 5.41) is 0. The molecule has 24 heavy (non-hydrogen) atoms. The van der Waals surface area contributed by atoms with Crippen molar-refractivity contribution in [1.29, 1.82) is 0 Å². The molecular weight excluding hydrogens is 321 g/mol. The fourth-order valence-corrected chi connectivity index (χ4v) is 2.45. The van der Waals surface area contributed by atoms with Crippen LogP contribution in [0, 0.1) is 0 Å². The van der Waals surface area contributed by atoms with E-state index in [-0.39, 0.29) is 22.3 Å². The summed E-state index contributed by atoms with van der Waals surface area (Å²) in [6.45, 7) is 0. The first kappa shape index (κ1) is 15.9. The largest absolute Gasteiger partial charge is 0.416 e. The van der Waals surface area contributed by atoms with E-state index in [2.05, 4.69) is 0 Å².